The van der Waals surface area contributed by atoms with E-state index in [-0.39, 0.29) is 16.5 Å². The van der Waals surface area contributed by atoms with Gasteiger partial charge in [0.05, 0.1) is 28.2 Å². The topological polar surface area (TPSA) is 76.9 Å². The first-order valence-electron chi connectivity index (χ1n) is 9.88. The average Bonchev–Trinajstić information content (AvgIpc) is 3.15. The molecule has 164 valence electrons. The van der Waals surface area contributed by atoms with Crippen molar-refractivity contribution >= 4 is 21.3 Å². The number of sulfone groups is 1. The summed E-state index contributed by atoms with van der Waals surface area (Å²) in [7, 11) is -3.45. The molecule has 10 heteroatoms. The summed E-state index contributed by atoms with van der Waals surface area (Å²) in [4.78, 5) is 8.45. The molecular formula is C21H21F3N4O2S. The molecule has 1 fully saturated rings. The third-order valence-electron chi connectivity index (χ3n) is 5.46. The van der Waals surface area contributed by atoms with Crippen molar-refractivity contribution in [1.82, 2.24) is 14.5 Å². The van der Waals surface area contributed by atoms with Crippen molar-refractivity contribution in [3.05, 3.63) is 54.6 Å². The van der Waals surface area contributed by atoms with Crippen molar-refractivity contribution in [2.75, 3.05) is 11.1 Å². The van der Waals surface area contributed by atoms with Gasteiger partial charge in [-0.2, -0.15) is 13.2 Å². The summed E-state index contributed by atoms with van der Waals surface area (Å²) >= 11 is 0. The number of nitrogens with one attached hydrogen (secondary N) is 1. The van der Waals surface area contributed by atoms with Crippen LogP contribution in [0.2, 0.25) is 0 Å². The number of rotatable bonds is 6. The zero-order chi connectivity index (χ0) is 22.2. The molecule has 0 amide bonds. The van der Waals surface area contributed by atoms with E-state index < -0.39 is 21.6 Å². The Balaban J connectivity index is 1.72. The molecule has 1 aliphatic carbocycles. The van der Waals surface area contributed by atoms with Gasteiger partial charge in [0.25, 0.3) is 0 Å². The van der Waals surface area contributed by atoms with E-state index in [9.17, 15) is 21.6 Å². The van der Waals surface area contributed by atoms with Crippen LogP contribution in [0.25, 0.3) is 11.3 Å². The van der Waals surface area contributed by atoms with Gasteiger partial charge < -0.3 is 9.88 Å². The van der Waals surface area contributed by atoms with Gasteiger partial charge in [-0.05, 0) is 49.6 Å². The lowest BCUT2D eigenvalue weighted by Crippen LogP contribution is -2.15. The average molecular weight is 450 g/mol. The third-order valence-corrected chi connectivity index (χ3v) is 7.19. The van der Waals surface area contributed by atoms with E-state index in [1.807, 2.05) is 10.8 Å². The fourth-order valence-corrected chi connectivity index (χ4v) is 4.24. The van der Waals surface area contributed by atoms with Crippen LogP contribution in [0.3, 0.4) is 0 Å². The van der Waals surface area contributed by atoms with E-state index in [0.29, 0.717) is 23.0 Å². The molecule has 1 N–H and O–H groups in total. The molecule has 0 spiro atoms. The Morgan fingerprint density at radius 2 is 1.94 bits per heavy atom. The lowest BCUT2D eigenvalue weighted by molar-refractivity contribution is -0.137. The molecule has 31 heavy (non-hydrogen) atoms. The van der Waals surface area contributed by atoms with E-state index in [0.717, 1.165) is 31.5 Å². The number of alkyl halides is 3. The van der Waals surface area contributed by atoms with Crippen molar-refractivity contribution in [2.24, 2.45) is 0 Å². The lowest BCUT2D eigenvalue weighted by Gasteiger charge is -2.26. The Hall–Kier alpha value is -2.88. The van der Waals surface area contributed by atoms with Gasteiger partial charge in [-0.25, -0.2) is 18.4 Å². The first kappa shape index (κ1) is 21.4. The van der Waals surface area contributed by atoms with Crippen LogP contribution in [0.15, 0.2) is 53.9 Å². The Labute approximate surface area is 178 Å². The standard InChI is InChI=1S/C21H21F3N4O2S/c1-2-31(29,30)16-7-8-18(27-20-9-6-14(11-25-20)21(22,23)24)17(10-16)19-12-28(13-26-19)15-4-3-5-15/h6-13,15H,2-5H2,1H3,(H,25,27). The predicted molar refractivity (Wildman–Crippen MR) is 111 cm³/mol. The molecular weight excluding hydrogens is 429 g/mol. The molecule has 0 atom stereocenters. The van der Waals surface area contributed by atoms with E-state index >= 15 is 0 Å². The molecule has 1 saturated carbocycles. The maximum Gasteiger partial charge on any atom is 0.417 e. The number of benzene rings is 1. The summed E-state index contributed by atoms with van der Waals surface area (Å²) < 4.78 is 65.2. The van der Waals surface area contributed by atoms with Gasteiger partial charge in [0.2, 0.25) is 0 Å². The molecule has 6 nitrogen and oxygen atoms in total. The lowest BCUT2D eigenvalue weighted by atomic mass is 9.93. The van der Waals surface area contributed by atoms with E-state index in [1.54, 1.807) is 25.4 Å². The second-order valence-corrected chi connectivity index (χ2v) is 9.73. The molecule has 0 radical (unpaired) electrons. The Morgan fingerprint density at radius 3 is 2.52 bits per heavy atom. The first-order valence-corrected chi connectivity index (χ1v) is 11.5. The van der Waals surface area contributed by atoms with Gasteiger partial charge >= 0.3 is 6.18 Å². The van der Waals surface area contributed by atoms with Crippen molar-refractivity contribution in [3.63, 3.8) is 0 Å². The first-order chi connectivity index (χ1) is 14.7. The predicted octanol–water partition coefficient (Wildman–Crippen LogP) is 5.23. The van der Waals surface area contributed by atoms with Crippen molar-refractivity contribution in [2.45, 2.75) is 43.3 Å². The van der Waals surface area contributed by atoms with E-state index in [2.05, 4.69) is 15.3 Å². The largest absolute Gasteiger partial charge is 0.417 e. The maximum absolute atomic E-state index is 12.8. The van der Waals surface area contributed by atoms with Crippen LogP contribution < -0.4 is 5.32 Å². The number of anilines is 2. The fourth-order valence-electron chi connectivity index (χ4n) is 3.34. The van der Waals surface area contributed by atoms with Gasteiger partial charge in [-0.3, -0.25) is 0 Å². The highest BCUT2D eigenvalue weighted by Gasteiger charge is 2.30. The van der Waals surface area contributed by atoms with Crippen LogP contribution in [0.4, 0.5) is 24.7 Å². The minimum Gasteiger partial charge on any atom is -0.340 e. The summed E-state index contributed by atoms with van der Waals surface area (Å²) in [6.07, 6.45) is 3.17. The van der Waals surface area contributed by atoms with Crippen LogP contribution >= 0.6 is 0 Å². The SMILES string of the molecule is CCS(=O)(=O)c1ccc(Nc2ccc(C(F)(F)F)cn2)c(-c2cn(C3CCC3)cn2)c1. The third kappa shape index (κ3) is 4.43. The zero-order valence-corrected chi connectivity index (χ0v) is 17.5. The van der Waals surface area contributed by atoms with E-state index in [4.69, 9.17) is 0 Å². The van der Waals surface area contributed by atoms with E-state index in [1.165, 1.54) is 12.1 Å². The molecule has 1 aromatic carbocycles. The fraction of sp³-hybridized carbons (Fsp3) is 0.333. The number of hydrogen-bond acceptors (Lipinski definition) is 5. The Kier molecular flexibility index (Phi) is 5.50. The zero-order valence-electron chi connectivity index (χ0n) is 16.7. The number of imidazole rings is 1. The molecule has 4 rings (SSSR count). The molecule has 0 aliphatic heterocycles. The second kappa shape index (κ2) is 7.99. The van der Waals surface area contributed by atoms with Gasteiger partial charge in [0.15, 0.2) is 9.84 Å². The Bertz CT molecular complexity index is 1180. The minimum atomic E-state index is -4.47. The van der Waals surface area contributed by atoms with Crippen molar-refractivity contribution < 1.29 is 21.6 Å². The second-order valence-electron chi connectivity index (χ2n) is 7.46. The van der Waals surface area contributed by atoms with Crippen LogP contribution in [0.1, 0.15) is 37.8 Å². The summed E-state index contributed by atoms with van der Waals surface area (Å²) in [6.45, 7) is 1.57. The molecule has 0 saturated heterocycles. The summed E-state index contributed by atoms with van der Waals surface area (Å²) in [5.74, 6) is 0.162. The number of hydrogen-bond donors (Lipinski definition) is 1. The van der Waals surface area contributed by atoms with Crippen molar-refractivity contribution in [1.29, 1.82) is 0 Å². The molecule has 2 heterocycles. The maximum atomic E-state index is 12.8. The van der Waals surface area contributed by atoms with Crippen LogP contribution in [0, 0.1) is 0 Å². The van der Waals surface area contributed by atoms with Gasteiger partial charge in [-0.1, -0.05) is 6.92 Å². The minimum absolute atomic E-state index is 0.0454. The Morgan fingerprint density at radius 1 is 1.16 bits per heavy atom. The quantitative estimate of drug-likeness (QED) is 0.557. The van der Waals surface area contributed by atoms with Gasteiger partial charge in [0.1, 0.15) is 5.82 Å². The monoisotopic (exact) mass is 450 g/mol. The summed E-state index contributed by atoms with van der Waals surface area (Å²) in [6, 6.07) is 7.15. The van der Waals surface area contributed by atoms with Crippen LogP contribution in [-0.4, -0.2) is 28.7 Å². The highest BCUT2D eigenvalue weighted by Crippen LogP contribution is 2.36. The number of pyridine rings is 1. The smallest absolute Gasteiger partial charge is 0.340 e. The van der Waals surface area contributed by atoms with Gasteiger partial charge in [0, 0.05) is 29.7 Å². The van der Waals surface area contributed by atoms with Gasteiger partial charge in [-0.15, -0.1) is 0 Å². The summed E-state index contributed by atoms with van der Waals surface area (Å²) in [5, 5.41) is 2.99. The number of halogens is 3. The highest BCUT2D eigenvalue weighted by molar-refractivity contribution is 7.91. The molecule has 3 aromatic rings. The van der Waals surface area contributed by atoms with Crippen molar-refractivity contribution in [3.8, 4) is 11.3 Å². The highest BCUT2D eigenvalue weighted by atomic mass is 32.2. The number of aromatic nitrogens is 3. The van der Waals surface area contributed by atoms with Crippen LogP contribution in [0.5, 0.6) is 0 Å². The molecule has 0 unspecified atom stereocenters. The number of nitrogens with zero attached hydrogens (tertiary/aromatic N) is 3. The normalized spacial score (nSPS) is 15.0. The van der Waals surface area contributed by atoms with Crippen LogP contribution in [-0.2, 0) is 16.0 Å². The molecule has 2 aromatic heterocycles. The summed E-state index contributed by atoms with van der Waals surface area (Å²) in [5.41, 5.74) is 0.770. The molecule has 0 bridgehead atoms. The molecule has 1 aliphatic rings.